The Morgan fingerprint density at radius 3 is 2.30 bits per heavy atom. The van der Waals surface area contributed by atoms with Gasteiger partial charge in [-0.25, -0.2) is 4.79 Å². The molecule has 0 radical (unpaired) electrons. The van der Waals surface area contributed by atoms with Crippen LogP contribution in [0.15, 0.2) is 48.5 Å². The summed E-state index contributed by atoms with van der Waals surface area (Å²) in [7, 11) is 0. The van der Waals surface area contributed by atoms with E-state index in [-0.39, 0.29) is 6.03 Å². The number of alkyl halides is 3. The van der Waals surface area contributed by atoms with Gasteiger partial charge in [-0.2, -0.15) is 13.2 Å². The summed E-state index contributed by atoms with van der Waals surface area (Å²) in [6.45, 7) is 5.07. The highest BCUT2D eigenvalue weighted by molar-refractivity contribution is 5.89. The van der Waals surface area contributed by atoms with Crippen molar-refractivity contribution < 1.29 is 18.0 Å². The zero-order chi connectivity index (χ0) is 19.4. The average Bonchev–Trinajstić information content (AvgIpc) is 2.62. The van der Waals surface area contributed by atoms with Gasteiger partial charge in [0.15, 0.2) is 0 Å². The molecule has 0 aromatic heterocycles. The van der Waals surface area contributed by atoms with Gasteiger partial charge in [0.25, 0.3) is 0 Å². The van der Waals surface area contributed by atoms with Crippen molar-refractivity contribution in [3.63, 3.8) is 0 Å². The summed E-state index contributed by atoms with van der Waals surface area (Å²) in [4.78, 5) is 16.3. The van der Waals surface area contributed by atoms with Crippen LogP contribution in [0.4, 0.5) is 23.7 Å². The summed E-state index contributed by atoms with van der Waals surface area (Å²) in [5.41, 5.74) is 2.05. The second-order valence-electron chi connectivity index (χ2n) is 6.76. The van der Waals surface area contributed by atoms with E-state index in [9.17, 15) is 18.0 Å². The van der Waals surface area contributed by atoms with Crippen LogP contribution in [0.1, 0.15) is 16.7 Å². The molecular weight excluding hydrogens is 355 g/mol. The Hall–Kier alpha value is -2.54. The van der Waals surface area contributed by atoms with E-state index in [4.69, 9.17) is 0 Å². The molecule has 1 N–H and O–H groups in total. The van der Waals surface area contributed by atoms with Crippen molar-refractivity contribution in [2.75, 3.05) is 31.5 Å². The van der Waals surface area contributed by atoms with Crippen LogP contribution in [0.5, 0.6) is 0 Å². The first-order valence-corrected chi connectivity index (χ1v) is 8.82. The summed E-state index contributed by atoms with van der Waals surface area (Å²) < 4.78 is 37.9. The standard InChI is InChI=1S/C20H22F3N3O/c1-15-3-2-4-18(13-15)24-19(27)26-11-9-25(10-12-26)14-16-5-7-17(8-6-16)20(21,22)23/h2-8,13H,9-12,14H2,1H3,(H,24,27). The first kappa shape index (κ1) is 19.2. The number of carbonyl (C=O) groups is 1. The number of halogens is 3. The Morgan fingerprint density at radius 1 is 1.04 bits per heavy atom. The first-order chi connectivity index (χ1) is 12.8. The Bertz CT molecular complexity index is 782. The minimum atomic E-state index is -4.31. The van der Waals surface area contributed by atoms with Gasteiger partial charge < -0.3 is 10.2 Å². The lowest BCUT2D eigenvalue weighted by Crippen LogP contribution is -2.49. The van der Waals surface area contributed by atoms with Crippen LogP contribution in [0.2, 0.25) is 0 Å². The predicted octanol–water partition coefficient (Wildman–Crippen LogP) is 4.36. The molecule has 3 rings (SSSR count). The zero-order valence-corrected chi connectivity index (χ0v) is 15.1. The number of nitrogens with zero attached hydrogens (tertiary/aromatic N) is 2. The largest absolute Gasteiger partial charge is 0.416 e. The Kier molecular flexibility index (Phi) is 5.70. The lowest BCUT2D eigenvalue weighted by Gasteiger charge is -2.34. The molecule has 2 aromatic carbocycles. The maximum absolute atomic E-state index is 12.6. The molecule has 0 bridgehead atoms. The summed E-state index contributed by atoms with van der Waals surface area (Å²) in [6.07, 6.45) is -4.31. The number of anilines is 1. The number of urea groups is 1. The number of hydrogen-bond donors (Lipinski definition) is 1. The highest BCUT2D eigenvalue weighted by Crippen LogP contribution is 2.29. The van der Waals surface area contributed by atoms with Gasteiger partial charge in [-0.05, 0) is 42.3 Å². The summed E-state index contributed by atoms with van der Waals surface area (Å²) in [6, 6.07) is 12.8. The van der Waals surface area contributed by atoms with E-state index in [1.165, 1.54) is 12.1 Å². The maximum Gasteiger partial charge on any atom is 0.416 e. The monoisotopic (exact) mass is 377 g/mol. The van der Waals surface area contributed by atoms with Gasteiger partial charge in [0, 0.05) is 38.4 Å². The van der Waals surface area contributed by atoms with Gasteiger partial charge in [-0.3, -0.25) is 4.90 Å². The number of amides is 2. The van der Waals surface area contributed by atoms with E-state index < -0.39 is 11.7 Å². The van der Waals surface area contributed by atoms with Crippen molar-refractivity contribution in [3.05, 3.63) is 65.2 Å². The molecule has 0 unspecified atom stereocenters. The third-order valence-corrected chi connectivity index (χ3v) is 4.62. The van der Waals surface area contributed by atoms with Gasteiger partial charge >= 0.3 is 12.2 Å². The second kappa shape index (κ2) is 8.00. The minimum absolute atomic E-state index is 0.130. The topological polar surface area (TPSA) is 35.6 Å². The molecule has 0 spiro atoms. The molecule has 0 saturated carbocycles. The Labute approximate surface area is 156 Å². The molecule has 1 aliphatic heterocycles. The van der Waals surface area contributed by atoms with Crippen LogP contribution in [0.25, 0.3) is 0 Å². The normalized spacial score (nSPS) is 15.6. The van der Waals surface area contributed by atoms with E-state index in [0.717, 1.165) is 28.9 Å². The summed E-state index contributed by atoms with van der Waals surface area (Å²) >= 11 is 0. The number of piperazine rings is 1. The van der Waals surface area contributed by atoms with Crippen LogP contribution in [0, 0.1) is 6.92 Å². The van der Waals surface area contributed by atoms with Crippen LogP contribution in [0.3, 0.4) is 0 Å². The summed E-state index contributed by atoms with van der Waals surface area (Å²) in [5.74, 6) is 0. The van der Waals surface area contributed by atoms with Crippen LogP contribution < -0.4 is 5.32 Å². The van der Waals surface area contributed by atoms with E-state index in [0.29, 0.717) is 32.7 Å². The molecule has 1 heterocycles. The van der Waals surface area contributed by atoms with Gasteiger partial charge in [-0.15, -0.1) is 0 Å². The SMILES string of the molecule is Cc1cccc(NC(=O)N2CCN(Cc3ccc(C(F)(F)F)cc3)CC2)c1. The fourth-order valence-electron chi connectivity index (χ4n) is 3.09. The number of hydrogen-bond acceptors (Lipinski definition) is 2. The molecule has 4 nitrogen and oxygen atoms in total. The number of nitrogens with one attached hydrogen (secondary N) is 1. The lowest BCUT2D eigenvalue weighted by atomic mass is 10.1. The van der Waals surface area contributed by atoms with Crippen molar-refractivity contribution in [1.29, 1.82) is 0 Å². The fraction of sp³-hybridized carbons (Fsp3) is 0.350. The molecule has 7 heteroatoms. The van der Waals surface area contributed by atoms with Crippen molar-refractivity contribution in [1.82, 2.24) is 9.80 Å². The molecule has 0 atom stereocenters. The highest BCUT2D eigenvalue weighted by Gasteiger charge is 2.30. The van der Waals surface area contributed by atoms with Gasteiger partial charge in [0.05, 0.1) is 5.56 Å². The van der Waals surface area contributed by atoms with Gasteiger partial charge in [0.2, 0.25) is 0 Å². The minimum Gasteiger partial charge on any atom is -0.322 e. The van der Waals surface area contributed by atoms with Crippen LogP contribution in [-0.2, 0) is 12.7 Å². The molecule has 1 saturated heterocycles. The molecule has 27 heavy (non-hydrogen) atoms. The van der Waals surface area contributed by atoms with Crippen LogP contribution in [-0.4, -0.2) is 42.0 Å². The zero-order valence-electron chi connectivity index (χ0n) is 15.1. The highest BCUT2D eigenvalue weighted by atomic mass is 19.4. The molecule has 1 fully saturated rings. The Morgan fingerprint density at radius 2 is 1.70 bits per heavy atom. The molecule has 2 aromatic rings. The number of carbonyl (C=O) groups excluding carboxylic acids is 1. The second-order valence-corrected chi connectivity index (χ2v) is 6.76. The van der Waals surface area contributed by atoms with E-state index in [2.05, 4.69) is 10.2 Å². The average molecular weight is 377 g/mol. The molecular formula is C20H22F3N3O. The van der Waals surface area contributed by atoms with E-state index >= 15 is 0 Å². The maximum atomic E-state index is 12.6. The third kappa shape index (κ3) is 5.23. The van der Waals surface area contributed by atoms with Gasteiger partial charge in [-0.1, -0.05) is 24.3 Å². The number of rotatable bonds is 3. The van der Waals surface area contributed by atoms with E-state index in [1.54, 1.807) is 4.90 Å². The summed E-state index contributed by atoms with van der Waals surface area (Å²) in [5, 5.41) is 2.90. The number of benzene rings is 2. The smallest absolute Gasteiger partial charge is 0.322 e. The van der Waals surface area contributed by atoms with Crippen molar-refractivity contribution >= 4 is 11.7 Å². The predicted molar refractivity (Wildman–Crippen MR) is 98.5 cm³/mol. The first-order valence-electron chi connectivity index (χ1n) is 8.82. The quantitative estimate of drug-likeness (QED) is 0.863. The van der Waals surface area contributed by atoms with Crippen molar-refractivity contribution in [2.45, 2.75) is 19.6 Å². The third-order valence-electron chi connectivity index (χ3n) is 4.62. The lowest BCUT2D eigenvalue weighted by molar-refractivity contribution is -0.137. The Balaban J connectivity index is 1.49. The molecule has 1 aliphatic rings. The number of aryl methyl sites for hydroxylation is 1. The molecule has 0 aliphatic carbocycles. The fourth-order valence-corrected chi connectivity index (χ4v) is 3.09. The van der Waals surface area contributed by atoms with Crippen molar-refractivity contribution in [2.24, 2.45) is 0 Å². The van der Waals surface area contributed by atoms with Crippen LogP contribution >= 0.6 is 0 Å². The van der Waals surface area contributed by atoms with Crippen molar-refractivity contribution in [3.8, 4) is 0 Å². The van der Waals surface area contributed by atoms with Gasteiger partial charge in [0.1, 0.15) is 0 Å². The van der Waals surface area contributed by atoms with E-state index in [1.807, 2.05) is 31.2 Å². The molecule has 2 amide bonds. The molecule has 144 valence electrons.